The van der Waals surface area contributed by atoms with E-state index in [1.54, 1.807) is 48.1 Å². The number of halogens is 2. The molecular weight excluding hydrogens is 365 g/mol. The zero-order valence-electron chi connectivity index (χ0n) is 13.5. The zero-order chi connectivity index (χ0) is 18.1. The average molecular weight is 380 g/mol. The van der Waals surface area contributed by atoms with Crippen molar-refractivity contribution in [3.05, 3.63) is 34.4 Å². The molecule has 0 unspecified atom stereocenters. The third kappa shape index (κ3) is 3.45. The number of hydrogen-bond donors (Lipinski definition) is 2. The lowest BCUT2D eigenvalue weighted by atomic mass is 10.3. The molecule has 0 atom stereocenters. The molecule has 0 saturated heterocycles. The number of likely N-dealkylation sites (N-methyl/N-ethyl adjacent to an activating group) is 1. The topological polar surface area (TPSA) is 102 Å². The maximum Gasteiger partial charge on any atom is 0.244 e. The van der Waals surface area contributed by atoms with Gasteiger partial charge in [-0.05, 0) is 12.1 Å². The van der Waals surface area contributed by atoms with Crippen molar-refractivity contribution in [1.29, 1.82) is 0 Å². The predicted molar refractivity (Wildman–Crippen MR) is 99.1 cm³/mol. The van der Waals surface area contributed by atoms with Crippen LogP contribution < -0.4 is 16.0 Å². The average Bonchev–Trinajstić information content (AvgIpc) is 2.93. The van der Waals surface area contributed by atoms with Crippen molar-refractivity contribution in [2.75, 3.05) is 29.5 Å². The van der Waals surface area contributed by atoms with E-state index in [1.165, 1.54) is 0 Å². The molecule has 0 aliphatic rings. The van der Waals surface area contributed by atoms with Gasteiger partial charge in [0.25, 0.3) is 0 Å². The third-order valence-electron chi connectivity index (χ3n) is 3.56. The second-order valence-electron chi connectivity index (χ2n) is 5.42. The minimum Gasteiger partial charge on any atom is -0.383 e. The standard InChI is InChI=1S/C15H15Cl2N7O/c1-23(7-11(25)20-12-9(16)4-3-5-10(12)17)15-21-13(18)8-6-19-24(2)14(8)22-15/h3-6H,7H2,1-2H3,(H,20,25)(H2,18,21,22). The van der Waals surface area contributed by atoms with Crippen molar-refractivity contribution in [2.24, 2.45) is 7.05 Å². The summed E-state index contributed by atoms with van der Waals surface area (Å²) < 4.78 is 1.59. The van der Waals surface area contributed by atoms with E-state index < -0.39 is 0 Å². The Bertz CT molecular complexity index is 936. The van der Waals surface area contributed by atoms with Crippen molar-refractivity contribution < 1.29 is 4.79 Å². The lowest BCUT2D eigenvalue weighted by molar-refractivity contribution is -0.114. The van der Waals surface area contributed by atoms with Gasteiger partial charge in [0.15, 0.2) is 5.65 Å². The molecule has 3 rings (SSSR count). The number of anilines is 3. The fourth-order valence-corrected chi connectivity index (χ4v) is 2.78. The molecule has 8 nitrogen and oxygen atoms in total. The van der Waals surface area contributed by atoms with Gasteiger partial charge in [-0.25, -0.2) is 0 Å². The molecule has 0 aliphatic carbocycles. The van der Waals surface area contributed by atoms with Crippen molar-refractivity contribution in [1.82, 2.24) is 19.7 Å². The third-order valence-corrected chi connectivity index (χ3v) is 4.19. The number of aryl methyl sites for hydroxylation is 1. The maximum absolute atomic E-state index is 12.3. The second-order valence-corrected chi connectivity index (χ2v) is 6.23. The molecule has 0 spiro atoms. The minimum atomic E-state index is -0.315. The Balaban J connectivity index is 1.79. The van der Waals surface area contributed by atoms with Crippen LogP contribution >= 0.6 is 23.2 Å². The molecule has 0 bridgehead atoms. The van der Waals surface area contributed by atoms with Crippen molar-refractivity contribution in [3.63, 3.8) is 0 Å². The van der Waals surface area contributed by atoms with Crippen LogP contribution in [0.1, 0.15) is 0 Å². The van der Waals surface area contributed by atoms with E-state index in [0.29, 0.717) is 38.5 Å². The molecule has 0 fully saturated rings. The number of para-hydroxylation sites is 1. The Morgan fingerprint density at radius 1 is 1.32 bits per heavy atom. The van der Waals surface area contributed by atoms with E-state index in [2.05, 4.69) is 20.4 Å². The number of nitrogens with one attached hydrogen (secondary N) is 1. The molecule has 1 aromatic carbocycles. The van der Waals surface area contributed by atoms with Crippen LogP contribution in [0.25, 0.3) is 11.0 Å². The highest BCUT2D eigenvalue weighted by Gasteiger charge is 2.16. The number of aromatic nitrogens is 4. The van der Waals surface area contributed by atoms with Crippen LogP contribution in [-0.2, 0) is 11.8 Å². The summed E-state index contributed by atoms with van der Waals surface area (Å²) in [5.41, 5.74) is 6.89. The first kappa shape index (κ1) is 17.2. The first-order valence-electron chi connectivity index (χ1n) is 7.27. The number of hydrogen-bond acceptors (Lipinski definition) is 6. The number of benzene rings is 1. The monoisotopic (exact) mass is 379 g/mol. The summed E-state index contributed by atoms with van der Waals surface area (Å²) in [4.78, 5) is 22.5. The van der Waals surface area contributed by atoms with E-state index in [9.17, 15) is 4.79 Å². The Hall–Kier alpha value is -2.58. The van der Waals surface area contributed by atoms with E-state index >= 15 is 0 Å². The van der Waals surface area contributed by atoms with Crippen LogP contribution in [0.2, 0.25) is 10.0 Å². The minimum absolute atomic E-state index is 0.00957. The van der Waals surface area contributed by atoms with Crippen LogP contribution in [-0.4, -0.2) is 39.2 Å². The van der Waals surface area contributed by atoms with Gasteiger partial charge >= 0.3 is 0 Å². The molecule has 0 saturated carbocycles. The summed E-state index contributed by atoms with van der Waals surface area (Å²) in [6.45, 7) is -0.00957. The fraction of sp³-hybridized carbons (Fsp3) is 0.200. The van der Waals surface area contributed by atoms with Gasteiger partial charge in [-0.15, -0.1) is 0 Å². The predicted octanol–water partition coefficient (Wildman–Crippen LogP) is 2.33. The SMILES string of the molecule is CN(CC(=O)Nc1c(Cl)cccc1Cl)c1nc(N)c2cnn(C)c2n1. The summed E-state index contributed by atoms with van der Waals surface area (Å²) in [5.74, 6) is 0.299. The molecule has 25 heavy (non-hydrogen) atoms. The highest BCUT2D eigenvalue weighted by molar-refractivity contribution is 6.39. The van der Waals surface area contributed by atoms with Gasteiger partial charge in [0.2, 0.25) is 11.9 Å². The van der Waals surface area contributed by atoms with Gasteiger partial charge in [-0.2, -0.15) is 15.1 Å². The lowest BCUT2D eigenvalue weighted by Gasteiger charge is -2.17. The van der Waals surface area contributed by atoms with Crippen LogP contribution in [0.3, 0.4) is 0 Å². The molecule has 10 heteroatoms. The van der Waals surface area contributed by atoms with Crippen LogP contribution in [0.4, 0.5) is 17.5 Å². The molecule has 130 valence electrons. The molecule has 1 amide bonds. The van der Waals surface area contributed by atoms with Gasteiger partial charge in [0, 0.05) is 14.1 Å². The molecule has 3 N–H and O–H groups in total. The zero-order valence-corrected chi connectivity index (χ0v) is 15.0. The number of nitrogens with zero attached hydrogens (tertiary/aromatic N) is 5. The van der Waals surface area contributed by atoms with E-state index in [0.717, 1.165) is 0 Å². The number of amides is 1. The smallest absolute Gasteiger partial charge is 0.244 e. The maximum atomic E-state index is 12.3. The first-order valence-corrected chi connectivity index (χ1v) is 8.02. The molecule has 0 aliphatic heterocycles. The molecule has 3 aromatic rings. The quantitative estimate of drug-likeness (QED) is 0.720. The van der Waals surface area contributed by atoms with Gasteiger partial charge in [0.05, 0.1) is 33.9 Å². The summed E-state index contributed by atoms with van der Waals surface area (Å²) in [6.07, 6.45) is 1.60. The summed E-state index contributed by atoms with van der Waals surface area (Å²) in [7, 11) is 3.44. The number of fused-ring (bicyclic) bond motifs is 1. The van der Waals surface area contributed by atoms with Gasteiger partial charge in [0.1, 0.15) is 5.82 Å². The molecular formula is C15H15Cl2N7O. The number of carbonyl (C=O) groups excluding carboxylic acids is 1. The van der Waals surface area contributed by atoms with Crippen LogP contribution in [0.15, 0.2) is 24.4 Å². The fourth-order valence-electron chi connectivity index (χ4n) is 2.29. The summed E-state index contributed by atoms with van der Waals surface area (Å²) in [5, 5.41) is 8.17. The Morgan fingerprint density at radius 3 is 2.68 bits per heavy atom. The second kappa shape index (κ2) is 6.73. The Morgan fingerprint density at radius 2 is 2.00 bits per heavy atom. The number of rotatable bonds is 4. The van der Waals surface area contributed by atoms with Crippen molar-refractivity contribution in [2.45, 2.75) is 0 Å². The lowest BCUT2D eigenvalue weighted by Crippen LogP contribution is -2.31. The van der Waals surface area contributed by atoms with E-state index in [4.69, 9.17) is 28.9 Å². The van der Waals surface area contributed by atoms with Crippen molar-refractivity contribution in [3.8, 4) is 0 Å². The van der Waals surface area contributed by atoms with E-state index in [-0.39, 0.29) is 12.5 Å². The molecule has 2 aromatic heterocycles. The summed E-state index contributed by atoms with van der Waals surface area (Å²) in [6, 6.07) is 4.99. The van der Waals surface area contributed by atoms with Crippen molar-refractivity contribution >= 4 is 57.6 Å². The van der Waals surface area contributed by atoms with Gasteiger partial charge < -0.3 is 16.0 Å². The Labute approximate surface area is 153 Å². The Kier molecular flexibility index (Phi) is 4.65. The summed E-state index contributed by atoms with van der Waals surface area (Å²) >= 11 is 12.1. The van der Waals surface area contributed by atoms with Gasteiger partial charge in [-0.1, -0.05) is 29.3 Å². The normalized spacial score (nSPS) is 10.9. The number of nitrogen functional groups attached to an aromatic ring is 1. The molecule has 2 heterocycles. The largest absolute Gasteiger partial charge is 0.383 e. The first-order chi connectivity index (χ1) is 11.9. The highest BCUT2D eigenvalue weighted by Crippen LogP contribution is 2.29. The van der Waals surface area contributed by atoms with Gasteiger partial charge in [-0.3, -0.25) is 9.48 Å². The number of nitrogens with two attached hydrogens (primary N) is 1. The molecule has 0 radical (unpaired) electrons. The highest BCUT2D eigenvalue weighted by atomic mass is 35.5. The van der Waals surface area contributed by atoms with E-state index in [1.807, 2.05) is 0 Å². The van der Waals surface area contributed by atoms with Crippen LogP contribution in [0, 0.1) is 0 Å². The number of carbonyl (C=O) groups is 1. The van der Waals surface area contributed by atoms with Crippen LogP contribution in [0.5, 0.6) is 0 Å².